The van der Waals surface area contributed by atoms with E-state index in [-0.39, 0.29) is 5.69 Å². The van der Waals surface area contributed by atoms with Gasteiger partial charge in [-0.3, -0.25) is 15.4 Å². The SMILES string of the molecule is O=C(NC(=O)c1ccc(F)cc1F)Nc1nc(-c2ccccc2)cc(C(F)(F)F)n1. The first-order valence-corrected chi connectivity index (χ1v) is 8.22. The van der Waals surface area contributed by atoms with Gasteiger partial charge in [-0.05, 0) is 18.2 Å². The summed E-state index contributed by atoms with van der Waals surface area (Å²) in [6, 6.07) is 9.29. The molecule has 1 aromatic heterocycles. The van der Waals surface area contributed by atoms with Gasteiger partial charge in [0.15, 0.2) is 5.69 Å². The highest BCUT2D eigenvalue weighted by Crippen LogP contribution is 2.31. The van der Waals surface area contributed by atoms with E-state index in [9.17, 15) is 31.5 Å². The summed E-state index contributed by atoms with van der Waals surface area (Å²) in [6.45, 7) is 0. The molecular weight excluding hydrogens is 411 g/mol. The van der Waals surface area contributed by atoms with Crippen LogP contribution in [-0.4, -0.2) is 21.9 Å². The number of carbonyl (C=O) groups excluding carboxylic acids is 2. The van der Waals surface area contributed by atoms with Gasteiger partial charge in [-0.25, -0.2) is 23.5 Å². The first-order chi connectivity index (χ1) is 14.1. The van der Waals surface area contributed by atoms with Crippen LogP contribution in [0.5, 0.6) is 0 Å². The lowest BCUT2D eigenvalue weighted by Crippen LogP contribution is -2.35. The van der Waals surface area contributed by atoms with Crippen molar-refractivity contribution in [3.05, 3.63) is 77.5 Å². The summed E-state index contributed by atoms with van der Waals surface area (Å²) < 4.78 is 66.0. The predicted molar refractivity (Wildman–Crippen MR) is 95.3 cm³/mol. The third-order valence-corrected chi connectivity index (χ3v) is 3.71. The fraction of sp³-hybridized carbons (Fsp3) is 0.0526. The van der Waals surface area contributed by atoms with Crippen molar-refractivity contribution in [1.29, 1.82) is 0 Å². The van der Waals surface area contributed by atoms with Gasteiger partial charge < -0.3 is 0 Å². The Kier molecular flexibility index (Phi) is 5.72. The third-order valence-electron chi connectivity index (χ3n) is 3.71. The maximum Gasteiger partial charge on any atom is 0.433 e. The predicted octanol–water partition coefficient (Wildman–Crippen LogP) is 4.40. The topological polar surface area (TPSA) is 84.0 Å². The van der Waals surface area contributed by atoms with Crippen molar-refractivity contribution in [3.63, 3.8) is 0 Å². The van der Waals surface area contributed by atoms with Crippen LogP contribution in [0, 0.1) is 11.6 Å². The highest BCUT2D eigenvalue weighted by atomic mass is 19.4. The summed E-state index contributed by atoms with van der Waals surface area (Å²) in [7, 11) is 0. The van der Waals surface area contributed by atoms with E-state index in [0.717, 1.165) is 12.1 Å². The molecule has 2 N–H and O–H groups in total. The van der Waals surface area contributed by atoms with Gasteiger partial charge in [-0.1, -0.05) is 30.3 Å². The highest BCUT2D eigenvalue weighted by molar-refractivity contribution is 6.07. The van der Waals surface area contributed by atoms with Crippen LogP contribution in [0.25, 0.3) is 11.3 Å². The van der Waals surface area contributed by atoms with E-state index in [1.807, 2.05) is 5.32 Å². The van der Waals surface area contributed by atoms with Crippen LogP contribution in [0.3, 0.4) is 0 Å². The molecule has 6 nitrogen and oxygen atoms in total. The number of nitrogens with one attached hydrogen (secondary N) is 2. The molecule has 0 unspecified atom stereocenters. The second-order valence-corrected chi connectivity index (χ2v) is 5.86. The number of amides is 3. The molecule has 0 fully saturated rings. The van der Waals surface area contributed by atoms with Gasteiger partial charge in [-0.15, -0.1) is 0 Å². The Labute approximate surface area is 165 Å². The molecule has 0 atom stereocenters. The molecule has 154 valence electrons. The molecule has 0 radical (unpaired) electrons. The molecule has 11 heteroatoms. The second kappa shape index (κ2) is 8.23. The van der Waals surface area contributed by atoms with E-state index in [1.54, 1.807) is 23.5 Å². The van der Waals surface area contributed by atoms with E-state index in [2.05, 4.69) is 9.97 Å². The van der Waals surface area contributed by atoms with E-state index >= 15 is 0 Å². The minimum Gasteiger partial charge on any atom is -0.276 e. The lowest BCUT2D eigenvalue weighted by Gasteiger charge is -2.11. The number of anilines is 1. The molecule has 0 saturated heterocycles. The third kappa shape index (κ3) is 4.93. The molecule has 0 aliphatic carbocycles. The quantitative estimate of drug-likeness (QED) is 0.613. The average molecular weight is 422 g/mol. The van der Waals surface area contributed by atoms with Crippen LogP contribution in [0.15, 0.2) is 54.6 Å². The highest BCUT2D eigenvalue weighted by Gasteiger charge is 2.34. The van der Waals surface area contributed by atoms with Crippen LogP contribution in [-0.2, 0) is 6.18 Å². The van der Waals surface area contributed by atoms with Gasteiger partial charge in [0.2, 0.25) is 5.95 Å². The Morgan fingerprint density at radius 1 is 0.900 bits per heavy atom. The van der Waals surface area contributed by atoms with Crippen LogP contribution in [0.2, 0.25) is 0 Å². The van der Waals surface area contributed by atoms with Crippen molar-refractivity contribution in [1.82, 2.24) is 15.3 Å². The fourth-order valence-corrected chi connectivity index (χ4v) is 2.38. The maximum absolute atomic E-state index is 13.6. The normalized spacial score (nSPS) is 11.1. The Bertz CT molecular complexity index is 1100. The van der Waals surface area contributed by atoms with Crippen LogP contribution in [0.4, 0.5) is 32.7 Å². The van der Waals surface area contributed by atoms with Crippen molar-refractivity contribution >= 4 is 17.9 Å². The Hall–Kier alpha value is -3.89. The summed E-state index contributed by atoms with van der Waals surface area (Å²) >= 11 is 0. The molecule has 30 heavy (non-hydrogen) atoms. The summed E-state index contributed by atoms with van der Waals surface area (Å²) in [5.74, 6) is -4.12. The zero-order chi connectivity index (χ0) is 21.9. The first kappa shape index (κ1) is 20.8. The number of urea groups is 1. The minimum atomic E-state index is -4.83. The lowest BCUT2D eigenvalue weighted by molar-refractivity contribution is -0.141. The number of imide groups is 1. The largest absolute Gasteiger partial charge is 0.433 e. The number of benzene rings is 2. The molecule has 0 aliphatic heterocycles. The molecule has 3 rings (SSSR count). The molecule has 3 amide bonds. The molecule has 0 saturated carbocycles. The number of hydrogen-bond donors (Lipinski definition) is 2. The summed E-state index contributed by atoms with van der Waals surface area (Å²) in [6.07, 6.45) is -4.83. The van der Waals surface area contributed by atoms with E-state index in [4.69, 9.17) is 0 Å². The Balaban J connectivity index is 1.84. The monoisotopic (exact) mass is 422 g/mol. The summed E-state index contributed by atoms with van der Waals surface area (Å²) in [5.41, 5.74) is -1.74. The lowest BCUT2D eigenvalue weighted by atomic mass is 10.1. The van der Waals surface area contributed by atoms with Crippen LogP contribution >= 0.6 is 0 Å². The fourth-order valence-electron chi connectivity index (χ4n) is 2.38. The Morgan fingerprint density at radius 3 is 2.23 bits per heavy atom. The Morgan fingerprint density at radius 2 is 1.60 bits per heavy atom. The smallest absolute Gasteiger partial charge is 0.276 e. The standard InChI is InChI=1S/C19H11F5N4O2/c20-11-6-7-12(13(21)8-11)16(29)27-18(30)28-17-25-14(10-4-2-1-3-5-10)9-15(26-17)19(22,23)24/h1-9H,(H2,25,26,27,28,29,30). The number of rotatable bonds is 3. The van der Waals surface area contributed by atoms with Crippen LogP contribution < -0.4 is 10.6 Å². The molecular formula is C19H11F5N4O2. The second-order valence-electron chi connectivity index (χ2n) is 5.86. The van der Waals surface area contributed by atoms with Gasteiger partial charge in [0, 0.05) is 11.6 Å². The number of halogens is 5. The molecule has 3 aromatic rings. The minimum absolute atomic E-state index is 0.121. The van der Waals surface area contributed by atoms with Crippen molar-refractivity contribution in [2.75, 3.05) is 5.32 Å². The number of carbonyl (C=O) groups is 2. The number of aromatic nitrogens is 2. The van der Waals surface area contributed by atoms with Gasteiger partial charge in [0.05, 0.1) is 11.3 Å². The zero-order valence-electron chi connectivity index (χ0n) is 14.8. The molecule has 0 spiro atoms. The molecule has 1 heterocycles. The van der Waals surface area contributed by atoms with Gasteiger partial charge in [0.1, 0.15) is 11.6 Å². The molecule has 2 aromatic carbocycles. The first-order valence-electron chi connectivity index (χ1n) is 8.22. The number of nitrogens with zero attached hydrogens (tertiary/aromatic N) is 2. The van der Waals surface area contributed by atoms with E-state index in [1.165, 1.54) is 12.1 Å². The van der Waals surface area contributed by atoms with Crippen molar-refractivity contribution in [2.45, 2.75) is 6.18 Å². The molecule has 0 aliphatic rings. The average Bonchev–Trinajstić information content (AvgIpc) is 2.67. The van der Waals surface area contributed by atoms with E-state index < -0.39 is 47.0 Å². The summed E-state index contributed by atoms with van der Waals surface area (Å²) in [5, 5.41) is 3.62. The van der Waals surface area contributed by atoms with Crippen molar-refractivity contribution < 1.29 is 31.5 Å². The van der Waals surface area contributed by atoms with Crippen molar-refractivity contribution in [3.8, 4) is 11.3 Å². The maximum atomic E-state index is 13.6. The van der Waals surface area contributed by atoms with Crippen molar-refractivity contribution in [2.24, 2.45) is 0 Å². The number of hydrogen-bond acceptors (Lipinski definition) is 4. The van der Waals surface area contributed by atoms with Gasteiger partial charge in [0.25, 0.3) is 5.91 Å². The number of alkyl halides is 3. The van der Waals surface area contributed by atoms with Crippen LogP contribution in [0.1, 0.15) is 16.1 Å². The zero-order valence-corrected chi connectivity index (χ0v) is 14.8. The summed E-state index contributed by atoms with van der Waals surface area (Å²) in [4.78, 5) is 31.0. The molecule has 0 bridgehead atoms. The van der Waals surface area contributed by atoms with Gasteiger partial charge >= 0.3 is 12.2 Å². The van der Waals surface area contributed by atoms with Gasteiger partial charge in [-0.2, -0.15) is 13.2 Å². The van der Waals surface area contributed by atoms with E-state index in [0.29, 0.717) is 17.7 Å².